The van der Waals surface area contributed by atoms with E-state index in [0.717, 1.165) is 11.3 Å². The average molecular weight is 480 g/mol. The van der Waals surface area contributed by atoms with Gasteiger partial charge in [-0.1, -0.05) is 52.7 Å². The van der Waals surface area contributed by atoms with Crippen molar-refractivity contribution in [2.75, 3.05) is 4.31 Å². The molecule has 0 fully saturated rings. The number of nitrogens with zero attached hydrogens (tertiary/aromatic N) is 1. The zero-order valence-electron chi connectivity index (χ0n) is 14.9. The average Bonchev–Trinajstić information content (AvgIpc) is 3.09. The molecule has 0 atom stereocenters. The van der Waals surface area contributed by atoms with Crippen LogP contribution in [0.1, 0.15) is 10.4 Å². The van der Waals surface area contributed by atoms with Gasteiger partial charge in [0.2, 0.25) is 0 Å². The van der Waals surface area contributed by atoms with Gasteiger partial charge in [0.05, 0.1) is 15.4 Å². The molecule has 30 heavy (non-hydrogen) atoms. The van der Waals surface area contributed by atoms with Crippen LogP contribution in [0, 0.1) is 0 Å². The van der Waals surface area contributed by atoms with Gasteiger partial charge in [-0.15, -0.1) is 0 Å². The first-order chi connectivity index (χ1) is 14.3. The number of carbonyl (C=O) groups is 1. The topological polar surface area (TPSA) is 84.7 Å². The number of carbonyl (C=O) groups excluding carboxylic acids is 1. The summed E-state index contributed by atoms with van der Waals surface area (Å²) < 4.78 is 33.1. The quantitative estimate of drug-likeness (QED) is 0.401. The van der Waals surface area contributed by atoms with Crippen LogP contribution < -0.4 is 9.24 Å². The molecule has 0 radical (unpaired) electrons. The highest BCUT2D eigenvalue weighted by atomic mass is 35.5. The predicted molar refractivity (Wildman–Crippen MR) is 117 cm³/mol. The Labute approximate surface area is 184 Å². The van der Waals surface area contributed by atoms with E-state index < -0.39 is 20.9 Å². The fourth-order valence-corrected chi connectivity index (χ4v) is 5.67. The summed E-state index contributed by atoms with van der Waals surface area (Å²) in [5.41, 5.74) is 0.475. The molecule has 3 aromatic carbocycles. The van der Waals surface area contributed by atoms with E-state index in [1.807, 2.05) is 0 Å². The van der Waals surface area contributed by atoms with Crippen molar-refractivity contribution < 1.29 is 17.6 Å². The molecule has 152 valence electrons. The Morgan fingerprint density at radius 3 is 2.43 bits per heavy atom. The number of halogens is 2. The third-order valence-electron chi connectivity index (χ3n) is 4.17. The smallest absolute Gasteiger partial charge is 0.396 e. The highest BCUT2D eigenvalue weighted by Crippen LogP contribution is 2.33. The van der Waals surface area contributed by atoms with E-state index in [0.29, 0.717) is 14.6 Å². The number of anilines is 1. The van der Waals surface area contributed by atoms with Gasteiger partial charge in [-0.25, -0.2) is 13.2 Å². The molecule has 1 heterocycles. The van der Waals surface area contributed by atoms with Crippen LogP contribution in [0.4, 0.5) is 5.69 Å². The number of benzene rings is 3. The molecule has 0 aliphatic heterocycles. The summed E-state index contributed by atoms with van der Waals surface area (Å²) in [7, 11) is -4.45. The lowest BCUT2D eigenvalue weighted by molar-refractivity contribution is 0.101. The van der Waals surface area contributed by atoms with Crippen LogP contribution in [0.5, 0.6) is 0 Å². The molecule has 1 amide bonds. The van der Waals surface area contributed by atoms with Crippen molar-refractivity contribution in [3.05, 3.63) is 92.1 Å². The molecule has 0 aliphatic rings. The Hall–Kier alpha value is -2.65. The number of hydrogen-bond acceptors (Lipinski definition) is 6. The standard InChI is InChI=1S/C20H11Cl2NO5S2/c21-13-6-8-15(22)18(10-13)30(26,27)23(19(24)12-4-2-1-3-5-12)14-7-9-16-17(11-14)29-20(25)28-16/h1-11H. The van der Waals surface area contributed by atoms with Gasteiger partial charge in [0.25, 0.3) is 15.9 Å². The first kappa shape index (κ1) is 20.6. The lowest BCUT2D eigenvalue weighted by Crippen LogP contribution is -2.37. The van der Waals surface area contributed by atoms with Crippen molar-refractivity contribution in [3.8, 4) is 0 Å². The molecule has 6 nitrogen and oxygen atoms in total. The van der Waals surface area contributed by atoms with Crippen molar-refractivity contribution in [2.24, 2.45) is 0 Å². The normalized spacial score (nSPS) is 11.5. The largest absolute Gasteiger partial charge is 0.414 e. The molecule has 4 aromatic rings. The lowest BCUT2D eigenvalue weighted by Gasteiger charge is -2.23. The van der Waals surface area contributed by atoms with E-state index in [4.69, 9.17) is 27.6 Å². The van der Waals surface area contributed by atoms with Gasteiger partial charge in [0.15, 0.2) is 0 Å². The first-order valence-corrected chi connectivity index (χ1v) is 11.4. The molecular weight excluding hydrogens is 469 g/mol. The van der Waals surface area contributed by atoms with Crippen LogP contribution in [0.3, 0.4) is 0 Å². The van der Waals surface area contributed by atoms with Crippen molar-refractivity contribution in [3.63, 3.8) is 0 Å². The van der Waals surface area contributed by atoms with E-state index in [-0.39, 0.29) is 26.2 Å². The minimum absolute atomic E-state index is 0.0319. The van der Waals surface area contributed by atoms with Gasteiger partial charge in [-0.05, 0) is 48.5 Å². The van der Waals surface area contributed by atoms with Crippen molar-refractivity contribution in [1.29, 1.82) is 0 Å². The second-order valence-electron chi connectivity index (χ2n) is 6.10. The zero-order valence-corrected chi connectivity index (χ0v) is 18.1. The van der Waals surface area contributed by atoms with E-state index in [9.17, 15) is 18.0 Å². The Morgan fingerprint density at radius 2 is 1.70 bits per heavy atom. The predicted octanol–water partition coefficient (Wildman–Crippen LogP) is 5.20. The van der Waals surface area contributed by atoms with E-state index >= 15 is 0 Å². The maximum absolute atomic E-state index is 13.5. The fraction of sp³-hybridized carbons (Fsp3) is 0. The molecule has 0 saturated carbocycles. The molecule has 10 heteroatoms. The number of hydrogen-bond donors (Lipinski definition) is 0. The zero-order chi connectivity index (χ0) is 21.5. The number of amides is 1. The summed E-state index contributed by atoms with van der Waals surface area (Å²) in [5, 5.41) is 0.0629. The molecule has 0 aliphatic carbocycles. The van der Waals surface area contributed by atoms with Gasteiger partial charge in [-0.3, -0.25) is 4.79 Å². The van der Waals surface area contributed by atoms with Gasteiger partial charge < -0.3 is 4.42 Å². The van der Waals surface area contributed by atoms with Crippen LogP contribution in [0.2, 0.25) is 10.0 Å². The first-order valence-electron chi connectivity index (χ1n) is 8.41. The molecule has 0 saturated heterocycles. The van der Waals surface area contributed by atoms with Crippen LogP contribution in [-0.4, -0.2) is 14.3 Å². The minimum Gasteiger partial charge on any atom is -0.414 e. The number of rotatable bonds is 4. The Bertz CT molecular complexity index is 1430. The van der Waals surface area contributed by atoms with Crippen LogP contribution in [0.15, 0.2) is 80.8 Å². The highest BCUT2D eigenvalue weighted by molar-refractivity contribution is 7.93. The molecule has 4 rings (SSSR count). The molecule has 0 spiro atoms. The maximum atomic E-state index is 13.5. The van der Waals surface area contributed by atoms with Gasteiger partial charge in [-0.2, -0.15) is 4.31 Å². The van der Waals surface area contributed by atoms with Crippen LogP contribution in [0.25, 0.3) is 10.3 Å². The summed E-state index contributed by atoms with van der Waals surface area (Å²) in [5.74, 6) is -0.790. The molecule has 1 aromatic heterocycles. The van der Waals surface area contributed by atoms with Crippen LogP contribution in [-0.2, 0) is 10.0 Å². The minimum atomic E-state index is -4.45. The second kappa shape index (κ2) is 7.88. The second-order valence-corrected chi connectivity index (χ2v) is 9.68. The third kappa shape index (κ3) is 3.75. The highest BCUT2D eigenvalue weighted by Gasteiger charge is 2.34. The van der Waals surface area contributed by atoms with Gasteiger partial charge >= 0.3 is 4.94 Å². The summed E-state index contributed by atoms with van der Waals surface area (Å²) in [6, 6.07) is 16.1. The summed E-state index contributed by atoms with van der Waals surface area (Å²) in [6.45, 7) is 0. The number of sulfonamides is 1. The molecule has 0 bridgehead atoms. The fourth-order valence-electron chi connectivity index (χ4n) is 2.82. The Balaban J connectivity index is 1.96. The van der Waals surface area contributed by atoms with Crippen molar-refractivity contribution in [2.45, 2.75) is 4.90 Å². The molecule has 0 unspecified atom stereocenters. The van der Waals surface area contributed by atoms with E-state index in [2.05, 4.69) is 0 Å². The monoisotopic (exact) mass is 479 g/mol. The summed E-state index contributed by atoms with van der Waals surface area (Å²) >= 11 is 12.9. The van der Waals surface area contributed by atoms with Gasteiger partial charge in [0, 0.05) is 10.6 Å². The summed E-state index contributed by atoms with van der Waals surface area (Å²) in [4.78, 5) is 24.0. The van der Waals surface area contributed by atoms with Crippen LogP contribution >= 0.6 is 34.5 Å². The molecule has 0 N–H and O–H groups in total. The molecular formula is C20H11Cl2NO5S2. The Kier molecular flexibility index (Phi) is 5.42. The van der Waals surface area contributed by atoms with Crippen molar-refractivity contribution in [1.82, 2.24) is 0 Å². The van der Waals surface area contributed by atoms with E-state index in [1.165, 1.54) is 48.5 Å². The third-order valence-corrected chi connectivity index (χ3v) is 7.38. The SMILES string of the molecule is O=C(c1ccccc1)N(c1ccc2oc(=O)sc2c1)S(=O)(=O)c1cc(Cl)ccc1Cl. The maximum Gasteiger partial charge on any atom is 0.396 e. The summed E-state index contributed by atoms with van der Waals surface area (Å²) in [6.07, 6.45) is 0. The van der Waals surface area contributed by atoms with Crippen molar-refractivity contribution >= 4 is 66.4 Å². The lowest BCUT2D eigenvalue weighted by atomic mass is 10.2. The Morgan fingerprint density at radius 1 is 0.967 bits per heavy atom. The number of fused-ring (bicyclic) bond motifs is 1. The van der Waals surface area contributed by atoms with Gasteiger partial charge in [0.1, 0.15) is 10.5 Å². The van der Waals surface area contributed by atoms with E-state index in [1.54, 1.807) is 18.2 Å².